The lowest BCUT2D eigenvalue weighted by atomic mass is 10.1. The summed E-state index contributed by atoms with van der Waals surface area (Å²) in [5.41, 5.74) is 1.15. The fourth-order valence-corrected chi connectivity index (χ4v) is 5.65. The van der Waals surface area contributed by atoms with Gasteiger partial charge in [0.25, 0.3) is 0 Å². The molecule has 0 radical (unpaired) electrons. The van der Waals surface area contributed by atoms with E-state index in [9.17, 15) is 18.0 Å². The van der Waals surface area contributed by atoms with Crippen LogP contribution in [0.15, 0.2) is 36.4 Å². The molecule has 0 aliphatic carbocycles. The molecule has 0 saturated carbocycles. The lowest BCUT2D eigenvalue weighted by Crippen LogP contribution is -2.49. The third-order valence-corrected chi connectivity index (χ3v) is 8.31. The van der Waals surface area contributed by atoms with Gasteiger partial charge >= 0.3 is 0 Å². The third-order valence-electron chi connectivity index (χ3n) is 6.37. The molecule has 3 rings (SSSR count). The molecule has 40 heavy (non-hydrogen) atoms. The highest BCUT2D eigenvalue weighted by atomic mass is 35.5. The van der Waals surface area contributed by atoms with E-state index >= 15 is 0 Å². The van der Waals surface area contributed by atoms with Crippen molar-refractivity contribution in [3.8, 4) is 11.5 Å². The van der Waals surface area contributed by atoms with Crippen LogP contribution in [0.5, 0.6) is 11.5 Å². The van der Waals surface area contributed by atoms with Crippen LogP contribution < -0.4 is 19.1 Å². The first-order chi connectivity index (χ1) is 18.9. The standard InChI is InChI=1S/C28H37Cl2N3O6S/c1-5-24(28(35)31-17-19(2)3)32(18-20-8-10-22(29)23(30)15-20)27(34)7-6-12-33(40(4,36)37)21-9-11-25-26(16-21)39-14-13-38-25/h8-11,15-16,19,24H,5-7,12-14,17-18H2,1-4H3,(H,31,35)/t24-/m0/s1. The van der Waals surface area contributed by atoms with Crippen LogP contribution in [0.3, 0.4) is 0 Å². The van der Waals surface area contributed by atoms with Crippen molar-refractivity contribution in [2.45, 2.75) is 52.6 Å². The molecule has 1 heterocycles. The SMILES string of the molecule is CC[C@@H](C(=O)NCC(C)C)N(Cc1ccc(Cl)c(Cl)c1)C(=O)CCCN(c1ccc2c(c1)OCCO2)S(C)(=O)=O. The summed E-state index contributed by atoms with van der Waals surface area (Å²) in [5.74, 6) is 0.771. The smallest absolute Gasteiger partial charge is 0.242 e. The molecule has 1 aliphatic heterocycles. The highest BCUT2D eigenvalue weighted by Crippen LogP contribution is 2.35. The summed E-state index contributed by atoms with van der Waals surface area (Å²) in [4.78, 5) is 28.2. The maximum absolute atomic E-state index is 13.6. The first kappa shape index (κ1) is 31.8. The van der Waals surface area contributed by atoms with Crippen LogP contribution in [0.4, 0.5) is 5.69 Å². The Bertz CT molecular complexity index is 1300. The minimum atomic E-state index is -3.65. The zero-order valence-corrected chi connectivity index (χ0v) is 25.6. The lowest BCUT2D eigenvalue weighted by Gasteiger charge is -2.31. The Balaban J connectivity index is 1.78. The second-order valence-corrected chi connectivity index (χ2v) is 12.8. The summed E-state index contributed by atoms with van der Waals surface area (Å²) in [6.07, 6.45) is 1.80. The first-order valence-corrected chi connectivity index (χ1v) is 15.9. The van der Waals surface area contributed by atoms with Gasteiger partial charge in [0, 0.05) is 32.1 Å². The van der Waals surface area contributed by atoms with Gasteiger partial charge in [-0.1, -0.05) is 50.0 Å². The molecule has 0 fully saturated rings. The minimum absolute atomic E-state index is 0.0336. The summed E-state index contributed by atoms with van der Waals surface area (Å²) < 4.78 is 37.7. The molecule has 12 heteroatoms. The number of carbonyl (C=O) groups is 2. The Morgan fingerprint density at radius 2 is 1.73 bits per heavy atom. The van der Waals surface area contributed by atoms with Crippen molar-refractivity contribution in [2.75, 3.05) is 36.9 Å². The average molecular weight is 615 g/mol. The van der Waals surface area contributed by atoms with E-state index in [4.69, 9.17) is 32.7 Å². The number of nitrogens with zero attached hydrogens (tertiary/aromatic N) is 2. The largest absolute Gasteiger partial charge is 0.486 e. The third kappa shape index (κ3) is 8.65. The zero-order chi connectivity index (χ0) is 29.4. The summed E-state index contributed by atoms with van der Waals surface area (Å²) >= 11 is 12.3. The van der Waals surface area contributed by atoms with Gasteiger partial charge in [-0.15, -0.1) is 0 Å². The number of anilines is 1. The van der Waals surface area contributed by atoms with Gasteiger partial charge in [-0.25, -0.2) is 8.42 Å². The molecule has 0 unspecified atom stereocenters. The molecule has 0 bridgehead atoms. The number of hydrogen-bond acceptors (Lipinski definition) is 6. The number of amides is 2. The second kappa shape index (κ2) is 14.3. The summed E-state index contributed by atoms with van der Waals surface area (Å²) in [5, 5.41) is 3.67. The molecule has 9 nitrogen and oxygen atoms in total. The number of ether oxygens (including phenoxy) is 2. The quantitative estimate of drug-likeness (QED) is 0.345. The van der Waals surface area contributed by atoms with Gasteiger partial charge in [0.15, 0.2) is 11.5 Å². The van der Waals surface area contributed by atoms with Crippen LogP contribution in [0.25, 0.3) is 0 Å². The predicted octanol–water partition coefficient (Wildman–Crippen LogP) is 4.89. The molecular weight excluding hydrogens is 577 g/mol. The van der Waals surface area contributed by atoms with Crippen molar-refractivity contribution in [1.29, 1.82) is 0 Å². The van der Waals surface area contributed by atoms with Gasteiger partial charge in [0.1, 0.15) is 19.3 Å². The summed E-state index contributed by atoms with van der Waals surface area (Å²) in [7, 11) is -3.65. The van der Waals surface area contributed by atoms with Crippen molar-refractivity contribution >= 4 is 50.7 Å². The molecule has 0 spiro atoms. The Hall–Kier alpha value is -2.69. The Labute approximate surface area is 246 Å². The number of nitrogens with one attached hydrogen (secondary N) is 1. The average Bonchev–Trinajstić information content (AvgIpc) is 2.90. The van der Waals surface area contributed by atoms with Crippen LogP contribution in [0.2, 0.25) is 10.0 Å². The maximum Gasteiger partial charge on any atom is 0.242 e. The molecule has 1 aliphatic rings. The van der Waals surface area contributed by atoms with E-state index in [1.807, 2.05) is 20.8 Å². The number of benzene rings is 2. The number of sulfonamides is 1. The van der Waals surface area contributed by atoms with E-state index in [0.717, 1.165) is 11.8 Å². The van der Waals surface area contributed by atoms with Crippen LogP contribution in [0, 0.1) is 5.92 Å². The monoisotopic (exact) mass is 613 g/mol. The number of halogens is 2. The van der Waals surface area contributed by atoms with Gasteiger partial charge in [-0.05, 0) is 48.6 Å². The van der Waals surface area contributed by atoms with E-state index in [1.54, 1.807) is 36.4 Å². The molecular formula is C28H37Cl2N3O6S. The Morgan fingerprint density at radius 1 is 1.02 bits per heavy atom. The number of fused-ring (bicyclic) bond motifs is 1. The number of hydrogen-bond donors (Lipinski definition) is 1. The molecule has 1 N–H and O–H groups in total. The first-order valence-electron chi connectivity index (χ1n) is 13.3. The Morgan fingerprint density at radius 3 is 2.35 bits per heavy atom. The molecule has 0 aromatic heterocycles. The van der Waals surface area contributed by atoms with Crippen molar-refractivity contribution in [2.24, 2.45) is 5.92 Å². The van der Waals surface area contributed by atoms with E-state index in [0.29, 0.717) is 53.4 Å². The van der Waals surface area contributed by atoms with E-state index in [1.165, 1.54) is 9.21 Å². The predicted molar refractivity (Wildman–Crippen MR) is 158 cm³/mol. The van der Waals surface area contributed by atoms with Crippen LogP contribution in [-0.4, -0.2) is 63.7 Å². The van der Waals surface area contributed by atoms with Crippen molar-refractivity contribution in [3.05, 3.63) is 52.0 Å². The molecule has 2 amide bonds. The van der Waals surface area contributed by atoms with Gasteiger partial charge in [0.05, 0.1) is 22.0 Å². The number of carbonyl (C=O) groups excluding carboxylic acids is 2. The van der Waals surface area contributed by atoms with Crippen molar-refractivity contribution < 1.29 is 27.5 Å². The molecule has 0 saturated heterocycles. The van der Waals surface area contributed by atoms with Crippen molar-refractivity contribution in [3.63, 3.8) is 0 Å². The lowest BCUT2D eigenvalue weighted by molar-refractivity contribution is -0.141. The highest BCUT2D eigenvalue weighted by molar-refractivity contribution is 7.92. The molecule has 2 aromatic carbocycles. The highest BCUT2D eigenvalue weighted by Gasteiger charge is 2.29. The summed E-state index contributed by atoms with van der Waals surface area (Å²) in [6, 6.07) is 9.34. The second-order valence-electron chi connectivity index (χ2n) is 10.1. The van der Waals surface area contributed by atoms with Crippen molar-refractivity contribution in [1.82, 2.24) is 10.2 Å². The topological polar surface area (TPSA) is 105 Å². The fourth-order valence-electron chi connectivity index (χ4n) is 4.37. The molecule has 220 valence electrons. The maximum atomic E-state index is 13.6. The Kier molecular flexibility index (Phi) is 11.4. The van der Waals surface area contributed by atoms with Crippen LogP contribution in [0.1, 0.15) is 45.6 Å². The van der Waals surface area contributed by atoms with E-state index in [2.05, 4.69) is 5.32 Å². The summed E-state index contributed by atoms with van der Waals surface area (Å²) in [6.45, 7) is 7.36. The van der Waals surface area contributed by atoms with E-state index in [-0.39, 0.29) is 43.7 Å². The normalized spacial score (nSPS) is 13.6. The van der Waals surface area contributed by atoms with Gasteiger partial charge in [-0.2, -0.15) is 0 Å². The zero-order valence-electron chi connectivity index (χ0n) is 23.3. The minimum Gasteiger partial charge on any atom is -0.486 e. The van der Waals surface area contributed by atoms with Gasteiger partial charge in [-0.3, -0.25) is 13.9 Å². The molecule has 1 atom stereocenters. The van der Waals surface area contributed by atoms with Crippen LogP contribution >= 0.6 is 23.2 Å². The fraction of sp³-hybridized carbons (Fsp3) is 0.500. The van der Waals surface area contributed by atoms with Gasteiger partial charge in [0.2, 0.25) is 21.8 Å². The number of rotatable bonds is 13. The van der Waals surface area contributed by atoms with Gasteiger partial charge < -0.3 is 19.7 Å². The molecule has 2 aromatic rings. The van der Waals surface area contributed by atoms with E-state index < -0.39 is 16.1 Å². The van der Waals surface area contributed by atoms with Crippen LogP contribution in [-0.2, 0) is 26.2 Å².